The Balaban J connectivity index is 1.32. The lowest BCUT2D eigenvalue weighted by Crippen LogP contribution is -2.53. The molecule has 10 heteroatoms. The summed E-state index contributed by atoms with van der Waals surface area (Å²) in [5.74, 6) is -0.236. The third-order valence-electron chi connectivity index (χ3n) is 5.94. The largest absolute Gasteiger partial charge is 0.416 e. The van der Waals surface area contributed by atoms with Gasteiger partial charge in [-0.15, -0.1) is 11.3 Å². The number of piperidine rings is 1. The van der Waals surface area contributed by atoms with Gasteiger partial charge in [-0.05, 0) is 48.6 Å². The van der Waals surface area contributed by atoms with E-state index in [4.69, 9.17) is 0 Å². The van der Waals surface area contributed by atoms with Crippen molar-refractivity contribution in [1.82, 2.24) is 9.80 Å². The summed E-state index contributed by atoms with van der Waals surface area (Å²) in [6.45, 7) is 2.85. The van der Waals surface area contributed by atoms with Crippen LogP contribution in [-0.4, -0.2) is 61.0 Å². The Bertz CT molecular complexity index is 943. The normalized spacial score (nSPS) is 19.7. The molecule has 1 unspecified atom stereocenters. The van der Waals surface area contributed by atoms with Crippen LogP contribution >= 0.6 is 11.3 Å². The van der Waals surface area contributed by atoms with Crippen molar-refractivity contribution in [1.29, 1.82) is 0 Å². The fourth-order valence-electron chi connectivity index (χ4n) is 4.22. The summed E-state index contributed by atoms with van der Waals surface area (Å²) in [6, 6.07) is 8.79. The number of alkyl halides is 3. The number of likely N-dealkylation sites (tertiary alicyclic amines) is 1. The minimum absolute atomic E-state index is 0.0160. The van der Waals surface area contributed by atoms with Gasteiger partial charge in [0.15, 0.2) is 0 Å². The lowest BCUT2D eigenvalue weighted by molar-refractivity contribution is -0.138. The first-order chi connectivity index (χ1) is 15.3. The quantitative estimate of drug-likeness (QED) is 0.732. The van der Waals surface area contributed by atoms with Gasteiger partial charge in [0, 0.05) is 45.0 Å². The van der Waals surface area contributed by atoms with Crippen LogP contribution in [0.3, 0.4) is 0 Å². The summed E-state index contributed by atoms with van der Waals surface area (Å²) in [5.41, 5.74) is -0.155. The van der Waals surface area contributed by atoms with Crippen molar-refractivity contribution < 1.29 is 22.8 Å². The average Bonchev–Trinajstić information content (AvgIpc) is 3.31. The van der Waals surface area contributed by atoms with E-state index in [1.807, 2.05) is 22.4 Å². The molecule has 6 nitrogen and oxygen atoms in total. The molecule has 2 saturated heterocycles. The highest BCUT2D eigenvalue weighted by Gasteiger charge is 2.34. The summed E-state index contributed by atoms with van der Waals surface area (Å²) in [4.78, 5) is 30.9. The Morgan fingerprint density at radius 1 is 1.00 bits per heavy atom. The van der Waals surface area contributed by atoms with Crippen LogP contribution in [0.5, 0.6) is 0 Å². The molecule has 0 radical (unpaired) electrons. The molecule has 172 valence electrons. The number of urea groups is 1. The van der Waals surface area contributed by atoms with Crippen LogP contribution in [0.15, 0.2) is 41.8 Å². The van der Waals surface area contributed by atoms with Crippen molar-refractivity contribution in [3.05, 3.63) is 47.3 Å². The number of halogens is 3. The van der Waals surface area contributed by atoms with Crippen LogP contribution in [0, 0.1) is 5.92 Å². The maximum atomic E-state index is 13.1. The van der Waals surface area contributed by atoms with Gasteiger partial charge in [-0.2, -0.15) is 13.2 Å². The minimum atomic E-state index is -4.38. The third-order valence-corrected chi connectivity index (χ3v) is 6.72. The highest BCUT2D eigenvalue weighted by atomic mass is 32.1. The molecule has 0 aliphatic carbocycles. The van der Waals surface area contributed by atoms with Crippen LogP contribution in [-0.2, 0) is 11.0 Å². The van der Waals surface area contributed by atoms with E-state index in [1.54, 1.807) is 15.9 Å². The topological polar surface area (TPSA) is 55.9 Å². The van der Waals surface area contributed by atoms with Crippen molar-refractivity contribution in [3.63, 3.8) is 0 Å². The predicted octanol–water partition coefficient (Wildman–Crippen LogP) is 4.36. The molecule has 2 fully saturated rings. The van der Waals surface area contributed by atoms with Crippen molar-refractivity contribution in [3.8, 4) is 0 Å². The van der Waals surface area contributed by atoms with E-state index >= 15 is 0 Å². The molecule has 3 heterocycles. The molecule has 3 amide bonds. The molecule has 0 saturated carbocycles. The van der Waals surface area contributed by atoms with E-state index in [2.05, 4.69) is 5.32 Å². The van der Waals surface area contributed by atoms with Gasteiger partial charge in [0.25, 0.3) is 0 Å². The van der Waals surface area contributed by atoms with Gasteiger partial charge in [0.1, 0.15) is 0 Å². The average molecular weight is 467 g/mol. The molecule has 2 aliphatic heterocycles. The van der Waals surface area contributed by atoms with E-state index in [-0.39, 0.29) is 17.9 Å². The number of carbonyl (C=O) groups is 2. The zero-order valence-electron chi connectivity index (χ0n) is 17.5. The van der Waals surface area contributed by atoms with E-state index in [0.29, 0.717) is 45.0 Å². The zero-order valence-corrected chi connectivity index (χ0v) is 18.3. The minimum Gasteiger partial charge on any atom is -0.368 e. The monoisotopic (exact) mass is 466 g/mol. The molecule has 2 aliphatic rings. The SMILES string of the molecule is O=C(Nc1cccs1)N1CCCC(C(=O)N2CCN(c3cccc(C(F)(F)F)c3)CC2)C1. The molecule has 0 spiro atoms. The second kappa shape index (κ2) is 9.40. The van der Waals surface area contributed by atoms with Gasteiger partial charge < -0.3 is 14.7 Å². The first-order valence-electron chi connectivity index (χ1n) is 10.6. The second-order valence-corrected chi connectivity index (χ2v) is 9.00. The van der Waals surface area contributed by atoms with Crippen molar-refractivity contribution >= 4 is 34.0 Å². The van der Waals surface area contributed by atoms with Gasteiger partial charge in [0.2, 0.25) is 5.91 Å². The number of anilines is 2. The lowest BCUT2D eigenvalue weighted by atomic mass is 9.96. The summed E-state index contributed by atoms with van der Waals surface area (Å²) >= 11 is 1.44. The van der Waals surface area contributed by atoms with E-state index < -0.39 is 11.7 Å². The summed E-state index contributed by atoms with van der Waals surface area (Å²) in [5, 5.41) is 5.52. The summed E-state index contributed by atoms with van der Waals surface area (Å²) in [7, 11) is 0. The Kier molecular flexibility index (Phi) is 6.59. The van der Waals surface area contributed by atoms with Gasteiger partial charge in [-0.25, -0.2) is 4.79 Å². The number of hydrogen-bond acceptors (Lipinski definition) is 4. The number of amides is 3. The van der Waals surface area contributed by atoms with E-state index in [0.717, 1.165) is 30.0 Å². The fraction of sp³-hybridized carbons (Fsp3) is 0.455. The molecule has 0 bridgehead atoms. The smallest absolute Gasteiger partial charge is 0.368 e. The summed E-state index contributed by atoms with van der Waals surface area (Å²) in [6.07, 6.45) is -2.88. The third kappa shape index (κ3) is 5.17. The van der Waals surface area contributed by atoms with Gasteiger partial charge >= 0.3 is 12.2 Å². The molecular weight excluding hydrogens is 441 g/mol. The van der Waals surface area contributed by atoms with Crippen molar-refractivity contribution in [2.75, 3.05) is 49.5 Å². The highest BCUT2D eigenvalue weighted by molar-refractivity contribution is 7.14. The second-order valence-electron chi connectivity index (χ2n) is 8.05. The lowest BCUT2D eigenvalue weighted by Gasteiger charge is -2.39. The highest BCUT2D eigenvalue weighted by Crippen LogP contribution is 2.32. The Hall–Kier alpha value is -2.75. The first kappa shape index (κ1) is 22.4. The standard InChI is InChI=1S/C22H25F3N4O2S/c23-22(24,25)17-5-1-6-18(14-17)27-9-11-28(12-10-27)20(30)16-4-2-8-29(15-16)21(31)26-19-7-3-13-32-19/h1,3,5-7,13-14,16H,2,4,8-12,15H2,(H,26,31). The maximum absolute atomic E-state index is 13.1. The number of nitrogens with one attached hydrogen (secondary N) is 1. The van der Waals surface area contributed by atoms with Crippen molar-refractivity contribution in [2.24, 2.45) is 5.92 Å². The molecule has 1 N–H and O–H groups in total. The van der Waals surface area contributed by atoms with E-state index in [1.165, 1.54) is 17.4 Å². The molecule has 1 atom stereocenters. The number of carbonyl (C=O) groups excluding carboxylic acids is 2. The molecule has 1 aromatic carbocycles. The Morgan fingerprint density at radius 2 is 1.78 bits per heavy atom. The number of benzene rings is 1. The first-order valence-corrected chi connectivity index (χ1v) is 11.5. The van der Waals surface area contributed by atoms with Crippen LogP contribution in [0.2, 0.25) is 0 Å². The van der Waals surface area contributed by atoms with Gasteiger partial charge in [0.05, 0.1) is 16.5 Å². The number of thiophene rings is 1. The van der Waals surface area contributed by atoms with Crippen LogP contribution in [0.1, 0.15) is 18.4 Å². The molecule has 2 aromatic rings. The number of nitrogens with zero attached hydrogens (tertiary/aromatic N) is 3. The van der Waals surface area contributed by atoms with E-state index in [9.17, 15) is 22.8 Å². The van der Waals surface area contributed by atoms with Crippen LogP contribution < -0.4 is 10.2 Å². The number of hydrogen-bond donors (Lipinski definition) is 1. The molecule has 32 heavy (non-hydrogen) atoms. The Labute approximate surface area is 188 Å². The fourth-order valence-corrected chi connectivity index (χ4v) is 4.83. The number of piperazine rings is 1. The van der Waals surface area contributed by atoms with Gasteiger partial charge in [-0.1, -0.05) is 6.07 Å². The predicted molar refractivity (Wildman–Crippen MR) is 118 cm³/mol. The van der Waals surface area contributed by atoms with Crippen LogP contribution in [0.25, 0.3) is 0 Å². The Morgan fingerprint density at radius 3 is 2.47 bits per heavy atom. The number of rotatable bonds is 3. The molecule has 1 aromatic heterocycles. The van der Waals surface area contributed by atoms with Crippen LogP contribution in [0.4, 0.5) is 28.7 Å². The molecule has 4 rings (SSSR count). The van der Waals surface area contributed by atoms with Crippen molar-refractivity contribution in [2.45, 2.75) is 19.0 Å². The maximum Gasteiger partial charge on any atom is 0.416 e. The molecular formula is C22H25F3N4O2S. The van der Waals surface area contributed by atoms with Gasteiger partial charge in [-0.3, -0.25) is 10.1 Å². The summed E-state index contributed by atoms with van der Waals surface area (Å²) < 4.78 is 39.0. The zero-order chi connectivity index (χ0) is 22.7.